The molecule has 2 aromatic heterocycles. The Bertz CT molecular complexity index is 1740. The predicted octanol–water partition coefficient (Wildman–Crippen LogP) is 6.90. The summed E-state index contributed by atoms with van der Waals surface area (Å²) in [4.78, 5) is 32.2. The van der Waals surface area contributed by atoms with Gasteiger partial charge in [-0.25, -0.2) is 0 Å². The van der Waals surface area contributed by atoms with Crippen molar-refractivity contribution in [3.63, 3.8) is 0 Å². The molecule has 1 atom stereocenters. The van der Waals surface area contributed by atoms with Crippen molar-refractivity contribution >= 4 is 22.6 Å². The van der Waals surface area contributed by atoms with Crippen LogP contribution in [0.4, 0.5) is 0 Å². The molecule has 0 saturated carbocycles. The zero-order valence-corrected chi connectivity index (χ0v) is 26.0. The summed E-state index contributed by atoms with van der Waals surface area (Å²) in [5.41, 5.74) is 7.49. The maximum atomic E-state index is 13.5. The lowest BCUT2D eigenvalue weighted by Crippen LogP contribution is -2.29. The molecule has 7 nitrogen and oxygen atoms in total. The molecule has 0 aliphatic rings. The molecule has 0 fully saturated rings. The molecule has 226 valence electrons. The van der Waals surface area contributed by atoms with Gasteiger partial charge in [-0.1, -0.05) is 73.7 Å². The smallest absolute Gasteiger partial charge is 0.255 e. The molecule has 5 aromatic rings. The first-order valence-electron chi connectivity index (χ1n) is 15.3. The van der Waals surface area contributed by atoms with E-state index in [1.165, 1.54) is 11.1 Å². The number of amides is 1. The molecular formula is C37H40N4O3. The average Bonchev–Trinajstić information content (AvgIpc) is 3.42. The number of likely N-dealkylation sites (N-methyl/N-ethyl adjacent to an activating group) is 1. The number of benzene rings is 3. The Kier molecular flexibility index (Phi) is 9.97. The summed E-state index contributed by atoms with van der Waals surface area (Å²) < 4.78 is 8.09. The summed E-state index contributed by atoms with van der Waals surface area (Å²) in [5.74, 6) is -0.156. The Morgan fingerprint density at radius 1 is 0.932 bits per heavy atom. The van der Waals surface area contributed by atoms with Gasteiger partial charge < -0.3 is 9.64 Å². The van der Waals surface area contributed by atoms with E-state index in [2.05, 4.69) is 24.0 Å². The van der Waals surface area contributed by atoms with Crippen LogP contribution in [-0.2, 0) is 35.5 Å². The van der Waals surface area contributed by atoms with Gasteiger partial charge in [0.25, 0.3) is 5.91 Å². The maximum absolute atomic E-state index is 13.5. The molecule has 0 spiro atoms. The Morgan fingerprint density at radius 3 is 2.48 bits per heavy atom. The largest absolute Gasteiger partial charge is 0.359 e. The topological polar surface area (TPSA) is 77.3 Å². The van der Waals surface area contributed by atoms with Crippen LogP contribution in [0.15, 0.2) is 91.3 Å². The van der Waals surface area contributed by atoms with Crippen molar-refractivity contribution in [2.45, 2.75) is 58.8 Å². The Balaban J connectivity index is 1.21. The molecule has 0 saturated heterocycles. The van der Waals surface area contributed by atoms with Gasteiger partial charge in [0.2, 0.25) is 5.78 Å². The van der Waals surface area contributed by atoms with E-state index in [4.69, 9.17) is 9.84 Å². The first kappa shape index (κ1) is 30.8. The van der Waals surface area contributed by atoms with E-state index in [-0.39, 0.29) is 11.7 Å². The Morgan fingerprint density at radius 2 is 1.73 bits per heavy atom. The van der Waals surface area contributed by atoms with Crippen molar-refractivity contribution in [2.75, 3.05) is 14.1 Å². The van der Waals surface area contributed by atoms with E-state index < -0.39 is 6.10 Å². The minimum absolute atomic E-state index is 0.0756. The molecular weight excluding hydrogens is 548 g/mol. The number of carbonyl (C=O) groups is 2. The van der Waals surface area contributed by atoms with Crippen molar-refractivity contribution in [1.82, 2.24) is 19.7 Å². The van der Waals surface area contributed by atoms with Crippen LogP contribution in [0, 0.1) is 6.92 Å². The molecule has 0 radical (unpaired) electrons. The van der Waals surface area contributed by atoms with Gasteiger partial charge >= 0.3 is 0 Å². The number of nitrogens with zero attached hydrogens (tertiary/aromatic N) is 4. The molecule has 7 heteroatoms. The molecule has 44 heavy (non-hydrogen) atoms. The summed E-state index contributed by atoms with van der Waals surface area (Å²) in [6.07, 6.45) is 6.55. The third-order valence-corrected chi connectivity index (χ3v) is 8.01. The monoisotopic (exact) mass is 588 g/mol. The number of ketones is 1. The van der Waals surface area contributed by atoms with Crippen LogP contribution < -0.4 is 0 Å². The average molecular weight is 589 g/mol. The molecule has 1 amide bonds. The van der Waals surface area contributed by atoms with Crippen LogP contribution in [-0.4, -0.2) is 45.5 Å². The Hall–Kier alpha value is -4.62. The van der Waals surface area contributed by atoms with Gasteiger partial charge in [0.05, 0.1) is 12.1 Å². The van der Waals surface area contributed by atoms with Crippen LogP contribution in [0.5, 0.6) is 0 Å². The standard InChI is InChI=1S/C37H40N4O3/c1-5-29-17-18-31(22-26(29)2)35(42)34-32-24-38-20-19-33(32)41(39-34)21-10-9-12-27-13-11-14-28(23-27)25-44-36(37(43)40(3)4)30-15-7-6-8-16-30/h6-8,11,13-20,22-24,36H,5,9-10,12,21,25H2,1-4H3/t36-/m1/s1. The van der Waals surface area contributed by atoms with E-state index in [0.29, 0.717) is 24.4 Å². The number of fused-ring (bicyclic) bond motifs is 1. The van der Waals surface area contributed by atoms with Crippen molar-refractivity contribution in [1.29, 1.82) is 0 Å². The van der Waals surface area contributed by atoms with E-state index in [1.807, 2.05) is 78.3 Å². The lowest BCUT2D eigenvalue weighted by Gasteiger charge is -2.21. The molecule has 0 unspecified atom stereocenters. The number of pyridine rings is 1. The van der Waals surface area contributed by atoms with Crippen molar-refractivity contribution in [3.05, 3.63) is 130 Å². The zero-order valence-electron chi connectivity index (χ0n) is 26.0. The van der Waals surface area contributed by atoms with Crippen LogP contribution in [0.25, 0.3) is 10.9 Å². The van der Waals surface area contributed by atoms with E-state index >= 15 is 0 Å². The number of hydrogen-bond acceptors (Lipinski definition) is 5. The summed E-state index contributed by atoms with van der Waals surface area (Å²) in [6, 6.07) is 25.8. The van der Waals surface area contributed by atoms with Gasteiger partial charge in [-0.05, 0) is 72.6 Å². The highest BCUT2D eigenvalue weighted by Crippen LogP contribution is 2.24. The van der Waals surface area contributed by atoms with Gasteiger partial charge in [-0.2, -0.15) is 5.10 Å². The summed E-state index contributed by atoms with van der Waals surface area (Å²) in [6.45, 7) is 5.21. The first-order valence-corrected chi connectivity index (χ1v) is 15.3. The lowest BCUT2D eigenvalue weighted by molar-refractivity contribution is -0.142. The maximum Gasteiger partial charge on any atom is 0.255 e. The molecule has 0 N–H and O–H groups in total. The van der Waals surface area contributed by atoms with Gasteiger partial charge in [-0.15, -0.1) is 0 Å². The van der Waals surface area contributed by atoms with Crippen LogP contribution in [0.1, 0.15) is 69.7 Å². The molecule has 0 bridgehead atoms. The van der Waals surface area contributed by atoms with Crippen LogP contribution >= 0.6 is 0 Å². The van der Waals surface area contributed by atoms with Crippen molar-refractivity contribution < 1.29 is 14.3 Å². The summed E-state index contributed by atoms with van der Waals surface area (Å²) in [5, 5.41) is 5.55. The van der Waals surface area contributed by atoms with Crippen molar-refractivity contribution in [2.24, 2.45) is 0 Å². The van der Waals surface area contributed by atoms with E-state index in [1.54, 1.807) is 31.4 Å². The van der Waals surface area contributed by atoms with Gasteiger partial charge in [0.15, 0.2) is 6.10 Å². The fourth-order valence-electron chi connectivity index (χ4n) is 5.55. The molecule has 3 aromatic carbocycles. The fraction of sp³-hybridized carbons (Fsp3) is 0.297. The quantitative estimate of drug-likeness (QED) is 0.110. The number of aryl methyl sites for hydroxylation is 4. The van der Waals surface area contributed by atoms with Crippen molar-refractivity contribution in [3.8, 4) is 0 Å². The molecule has 2 heterocycles. The number of ether oxygens (including phenoxy) is 1. The minimum Gasteiger partial charge on any atom is -0.359 e. The number of unbranched alkanes of at least 4 members (excludes halogenated alkanes) is 1. The second kappa shape index (κ2) is 14.2. The zero-order chi connectivity index (χ0) is 31.1. The molecule has 5 rings (SSSR count). The third kappa shape index (κ3) is 7.12. The minimum atomic E-state index is -0.648. The fourth-order valence-corrected chi connectivity index (χ4v) is 5.55. The van der Waals surface area contributed by atoms with Gasteiger partial charge in [0.1, 0.15) is 5.69 Å². The first-order chi connectivity index (χ1) is 21.4. The van der Waals surface area contributed by atoms with Crippen LogP contribution in [0.3, 0.4) is 0 Å². The molecule has 0 aliphatic carbocycles. The number of hydrogen-bond donors (Lipinski definition) is 0. The van der Waals surface area contributed by atoms with Gasteiger partial charge in [-0.3, -0.25) is 19.3 Å². The summed E-state index contributed by atoms with van der Waals surface area (Å²) >= 11 is 0. The third-order valence-electron chi connectivity index (χ3n) is 8.01. The highest BCUT2D eigenvalue weighted by Gasteiger charge is 2.23. The number of carbonyl (C=O) groups excluding carboxylic acids is 2. The normalized spacial score (nSPS) is 11.9. The second-order valence-electron chi connectivity index (χ2n) is 11.4. The number of rotatable bonds is 13. The van der Waals surface area contributed by atoms with E-state index in [0.717, 1.165) is 53.3 Å². The number of aromatic nitrogens is 3. The van der Waals surface area contributed by atoms with Crippen LogP contribution in [0.2, 0.25) is 0 Å². The lowest BCUT2D eigenvalue weighted by atomic mass is 9.99. The summed E-state index contributed by atoms with van der Waals surface area (Å²) in [7, 11) is 3.49. The predicted molar refractivity (Wildman–Crippen MR) is 174 cm³/mol. The second-order valence-corrected chi connectivity index (χ2v) is 11.4. The SMILES string of the molecule is CCc1ccc(C(=O)c2nn(CCCCc3cccc(CO[C@@H](C(=O)N(C)C)c4ccccc4)c3)c3ccncc23)cc1C. The van der Waals surface area contributed by atoms with Gasteiger partial charge in [0, 0.05) is 44.0 Å². The highest BCUT2D eigenvalue weighted by molar-refractivity contribution is 6.14. The van der Waals surface area contributed by atoms with E-state index in [9.17, 15) is 9.59 Å². The molecule has 0 aliphatic heterocycles. The Labute approximate surface area is 259 Å². The highest BCUT2D eigenvalue weighted by atomic mass is 16.5.